The van der Waals surface area contributed by atoms with Crippen LogP contribution in [0.2, 0.25) is 0 Å². The van der Waals surface area contributed by atoms with E-state index in [1.807, 2.05) is 18.2 Å². The number of aliphatic hydroxyl groups excluding tert-OH is 1. The number of aliphatic hydroxyl groups is 1. The molecular weight excluding hydrogens is 250 g/mol. The van der Waals surface area contributed by atoms with E-state index in [0.717, 1.165) is 50.5 Å². The van der Waals surface area contributed by atoms with Crippen molar-refractivity contribution in [1.82, 2.24) is 5.32 Å². The second kappa shape index (κ2) is 5.57. The van der Waals surface area contributed by atoms with Crippen LogP contribution in [0, 0.1) is 0 Å². The Morgan fingerprint density at radius 3 is 2.40 bits per heavy atom. The first kappa shape index (κ1) is 13.6. The topological polar surface area (TPSA) is 49.3 Å². The van der Waals surface area contributed by atoms with Gasteiger partial charge in [-0.05, 0) is 31.2 Å². The van der Waals surface area contributed by atoms with Gasteiger partial charge >= 0.3 is 0 Å². The Balaban J connectivity index is 1.74. The summed E-state index contributed by atoms with van der Waals surface area (Å²) in [5.41, 5.74) is 0.771. The summed E-state index contributed by atoms with van der Waals surface area (Å²) in [5.74, 6) is 0.112. The molecule has 3 rings (SSSR count). The van der Waals surface area contributed by atoms with Crippen LogP contribution in [-0.2, 0) is 10.2 Å². The fraction of sp³-hybridized carbons (Fsp3) is 0.588. The molecule has 0 aromatic heterocycles. The first-order valence-electron chi connectivity index (χ1n) is 7.77. The molecule has 0 heterocycles. The minimum absolute atomic E-state index is 0.0579. The molecular formula is C17H23NO2. The van der Waals surface area contributed by atoms with Crippen molar-refractivity contribution in [3.63, 3.8) is 0 Å². The van der Waals surface area contributed by atoms with Gasteiger partial charge in [-0.15, -0.1) is 0 Å². The lowest BCUT2D eigenvalue weighted by atomic mass is 9.63. The van der Waals surface area contributed by atoms with Crippen molar-refractivity contribution in [2.45, 2.75) is 62.5 Å². The van der Waals surface area contributed by atoms with Crippen LogP contribution in [0.25, 0.3) is 0 Å². The second-order valence-electron chi connectivity index (χ2n) is 6.23. The monoisotopic (exact) mass is 273 g/mol. The van der Waals surface area contributed by atoms with Gasteiger partial charge in [-0.2, -0.15) is 0 Å². The average molecular weight is 273 g/mol. The predicted molar refractivity (Wildman–Crippen MR) is 78.4 cm³/mol. The van der Waals surface area contributed by atoms with Crippen LogP contribution in [0.3, 0.4) is 0 Å². The summed E-state index contributed by atoms with van der Waals surface area (Å²) in [7, 11) is 0. The van der Waals surface area contributed by atoms with E-state index in [1.165, 1.54) is 0 Å². The van der Waals surface area contributed by atoms with E-state index in [-0.39, 0.29) is 23.5 Å². The summed E-state index contributed by atoms with van der Waals surface area (Å²) in [5, 5.41) is 13.2. The van der Waals surface area contributed by atoms with E-state index in [9.17, 15) is 9.90 Å². The predicted octanol–water partition coefficient (Wildman–Crippen LogP) is 2.53. The van der Waals surface area contributed by atoms with Gasteiger partial charge in [-0.3, -0.25) is 4.79 Å². The Morgan fingerprint density at radius 2 is 1.80 bits per heavy atom. The van der Waals surface area contributed by atoms with Crippen molar-refractivity contribution in [2.24, 2.45) is 0 Å². The van der Waals surface area contributed by atoms with Crippen LogP contribution in [0.15, 0.2) is 30.3 Å². The number of hydrogen-bond donors (Lipinski definition) is 2. The summed E-state index contributed by atoms with van der Waals surface area (Å²) in [6, 6.07) is 10.0. The van der Waals surface area contributed by atoms with E-state index >= 15 is 0 Å². The third-order valence-corrected chi connectivity index (χ3v) is 5.01. The number of carbonyl (C=O) groups is 1. The van der Waals surface area contributed by atoms with Crippen LogP contribution in [-0.4, -0.2) is 23.2 Å². The smallest absolute Gasteiger partial charge is 0.230 e. The minimum Gasteiger partial charge on any atom is -0.391 e. The first-order valence-corrected chi connectivity index (χ1v) is 7.77. The summed E-state index contributed by atoms with van der Waals surface area (Å²) >= 11 is 0. The molecule has 108 valence electrons. The molecule has 1 amide bonds. The van der Waals surface area contributed by atoms with Gasteiger partial charge in [-0.25, -0.2) is 0 Å². The van der Waals surface area contributed by atoms with Crippen molar-refractivity contribution < 1.29 is 9.90 Å². The number of hydrogen-bond acceptors (Lipinski definition) is 2. The number of rotatable bonds is 3. The van der Waals surface area contributed by atoms with Crippen molar-refractivity contribution in [3.8, 4) is 0 Å². The number of benzene rings is 1. The molecule has 0 unspecified atom stereocenters. The average Bonchev–Trinajstić information content (AvgIpc) is 2.41. The zero-order valence-electron chi connectivity index (χ0n) is 11.8. The molecule has 1 aromatic rings. The molecule has 2 aliphatic carbocycles. The van der Waals surface area contributed by atoms with Gasteiger partial charge in [0.15, 0.2) is 0 Å². The van der Waals surface area contributed by atoms with E-state index < -0.39 is 0 Å². The van der Waals surface area contributed by atoms with Gasteiger partial charge in [0.05, 0.1) is 17.6 Å². The maximum Gasteiger partial charge on any atom is 0.230 e. The molecule has 20 heavy (non-hydrogen) atoms. The molecule has 2 saturated carbocycles. The fourth-order valence-corrected chi connectivity index (χ4v) is 3.52. The van der Waals surface area contributed by atoms with Crippen molar-refractivity contribution in [1.29, 1.82) is 0 Å². The van der Waals surface area contributed by atoms with E-state index in [4.69, 9.17) is 0 Å². The third kappa shape index (κ3) is 2.35. The normalized spacial score (nSPS) is 28.4. The highest BCUT2D eigenvalue weighted by Gasteiger charge is 2.46. The molecule has 0 saturated heterocycles. The van der Waals surface area contributed by atoms with E-state index in [1.54, 1.807) is 0 Å². The Hall–Kier alpha value is -1.35. The Labute approximate surface area is 120 Å². The second-order valence-corrected chi connectivity index (χ2v) is 6.23. The maximum absolute atomic E-state index is 12.7. The number of amides is 1. The van der Waals surface area contributed by atoms with Gasteiger partial charge in [0.1, 0.15) is 0 Å². The highest BCUT2D eigenvalue weighted by Crippen LogP contribution is 2.44. The molecule has 2 N–H and O–H groups in total. The summed E-state index contributed by atoms with van der Waals surface area (Å²) < 4.78 is 0. The van der Waals surface area contributed by atoms with E-state index in [0.29, 0.717) is 0 Å². The lowest BCUT2D eigenvalue weighted by Gasteiger charge is -2.42. The Morgan fingerprint density at radius 1 is 1.10 bits per heavy atom. The fourth-order valence-electron chi connectivity index (χ4n) is 3.52. The van der Waals surface area contributed by atoms with Crippen LogP contribution in [0.1, 0.15) is 50.5 Å². The molecule has 0 spiro atoms. The molecule has 2 fully saturated rings. The molecule has 0 aliphatic heterocycles. The molecule has 0 bridgehead atoms. The molecule has 3 heteroatoms. The Bertz CT molecular complexity index is 467. The molecule has 0 radical (unpaired) electrons. The first-order chi connectivity index (χ1) is 9.72. The maximum atomic E-state index is 12.7. The highest BCUT2D eigenvalue weighted by atomic mass is 16.3. The number of carbonyl (C=O) groups excluding carboxylic acids is 1. The summed E-state index contributed by atoms with van der Waals surface area (Å²) in [4.78, 5) is 12.7. The largest absolute Gasteiger partial charge is 0.391 e. The zero-order chi connectivity index (χ0) is 14.0. The Kier molecular flexibility index (Phi) is 3.79. The summed E-state index contributed by atoms with van der Waals surface area (Å²) in [6.45, 7) is 0. The summed E-state index contributed by atoms with van der Waals surface area (Å²) in [6.07, 6.45) is 6.45. The van der Waals surface area contributed by atoms with Crippen LogP contribution in [0.5, 0.6) is 0 Å². The van der Waals surface area contributed by atoms with Crippen LogP contribution < -0.4 is 5.32 Å². The van der Waals surface area contributed by atoms with Gasteiger partial charge in [0, 0.05) is 0 Å². The molecule has 3 nitrogen and oxygen atoms in total. The van der Waals surface area contributed by atoms with Crippen LogP contribution >= 0.6 is 0 Å². The van der Waals surface area contributed by atoms with Crippen molar-refractivity contribution >= 4 is 5.91 Å². The van der Waals surface area contributed by atoms with E-state index in [2.05, 4.69) is 17.4 Å². The molecule has 2 atom stereocenters. The van der Waals surface area contributed by atoms with Gasteiger partial charge in [0.25, 0.3) is 0 Å². The number of nitrogens with one attached hydrogen (secondary N) is 1. The van der Waals surface area contributed by atoms with Gasteiger partial charge < -0.3 is 10.4 Å². The quantitative estimate of drug-likeness (QED) is 0.889. The highest BCUT2D eigenvalue weighted by molar-refractivity contribution is 5.89. The van der Waals surface area contributed by atoms with Crippen LogP contribution in [0.4, 0.5) is 0 Å². The standard InChI is InChI=1S/C17H23NO2/c19-15-10-5-4-9-14(15)18-16(20)17(11-6-12-17)13-7-2-1-3-8-13/h1-3,7-8,14-15,19H,4-6,9-12H2,(H,18,20)/t14-,15-/m1/s1. The van der Waals surface area contributed by atoms with Gasteiger partial charge in [0.2, 0.25) is 5.91 Å². The van der Waals surface area contributed by atoms with Gasteiger partial charge in [-0.1, -0.05) is 49.6 Å². The zero-order valence-corrected chi connectivity index (χ0v) is 11.8. The molecule has 2 aliphatic rings. The lowest BCUT2D eigenvalue weighted by Crippen LogP contribution is -2.55. The van der Waals surface area contributed by atoms with Crippen molar-refractivity contribution in [2.75, 3.05) is 0 Å². The SMILES string of the molecule is O=C(N[C@@H]1CCCC[C@H]1O)C1(c2ccccc2)CCC1. The van der Waals surface area contributed by atoms with Crippen molar-refractivity contribution in [3.05, 3.63) is 35.9 Å². The minimum atomic E-state index is -0.374. The third-order valence-electron chi connectivity index (χ3n) is 5.01. The lowest BCUT2D eigenvalue weighted by molar-refractivity contribution is -0.132. The molecule has 1 aromatic carbocycles.